The zero-order chi connectivity index (χ0) is 10.6. The van der Waals surface area contributed by atoms with E-state index in [1.165, 1.54) is 4.90 Å². The van der Waals surface area contributed by atoms with Crippen LogP contribution in [0.3, 0.4) is 0 Å². The molecule has 0 atom stereocenters. The van der Waals surface area contributed by atoms with Gasteiger partial charge in [-0.25, -0.2) is 0 Å². The number of carbonyl (C=O) groups excluding carboxylic acids is 1. The summed E-state index contributed by atoms with van der Waals surface area (Å²) in [5, 5.41) is 0. The molecule has 0 spiro atoms. The molecule has 0 radical (unpaired) electrons. The third-order valence-electron chi connectivity index (χ3n) is 2.06. The lowest BCUT2D eigenvalue weighted by molar-refractivity contribution is -0.116. The summed E-state index contributed by atoms with van der Waals surface area (Å²) < 4.78 is 0. The maximum absolute atomic E-state index is 11.3. The number of hydrogen-bond acceptors (Lipinski definition) is 2. The topological polar surface area (TPSA) is 46.3 Å². The molecule has 1 aromatic carbocycles. The number of anilines is 1. The van der Waals surface area contributed by atoms with E-state index >= 15 is 0 Å². The molecule has 0 aromatic heterocycles. The van der Waals surface area contributed by atoms with Crippen molar-refractivity contribution in [2.24, 2.45) is 5.73 Å². The Labute approximate surface area is 88.5 Å². The molecule has 2 N–H and O–H groups in total. The number of rotatable bonds is 3. The molecule has 0 aliphatic carbocycles. The number of nitrogens with two attached hydrogens (primary N) is 1. The van der Waals surface area contributed by atoms with E-state index < -0.39 is 0 Å². The van der Waals surface area contributed by atoms with E-state index in [0.29, 0.717) is 6.54 Å². The van der Waals surface area contributed by atoms with E-state index in [0.717, 1.165) is 11.3 Å². The molecule has 0 fully saturated rings. The van der Waals surface area contributed by atoms with E-state index in [2.05, 4.69) is 0 Å². The molecule has 0 saturated carbocycles. The van der Waals surface area contributed by atoms with Gasteiger partial charge >= 0.3 is 0 Å². The Morgan fingerprint density at radius 1 is 1.50 bits per heavy atom. The zero-order valence-corrected chi connectivity index (χ0v) is 8.79. The van der Waals surface area contributed by atoms with Crippen LogP contribution in [0.1, 0.15) is 5.56 Å². The van der Waals surface area contributed by atoms with Crippen molar-refractivity contribution < 1.29 is 4.79 Å². The molecule has 76 valence electrons. The van der Waals surface area contributed by atoms with Crippen LogP contribution in [-0.2, 0) is 11.3 Å². The first kappa shape index (κ1) is 11.0. The second-order valence-corrected chi connectivity index (χ2v) is 3.19. The van der Waals surface area contributed by atoms with Crippen molar-refractivity contribution in [1.29, 1.82) is 0 Å². The van der Waals surface area contributed by atoms with Gasteiger partial charge in [0.25, 0.3) is 0 Å². The molecular formula is C10H13ClN2O. The summed E-state index contributed by atoms with van der Waals surface area (Å²) in [6, 6.07) is 7.51. The van der Waals surface area contributed by atoms with Gasteiger partial charge in [-0.3, -0.25) is 4.79 Å². The Hall–Kier alpha value is -1.06. The maximum Gasteiger partial charge on any atom is 0.241 e. The average Bonchev–Trinajstić information content (AvgIpc) is 2.26. The highest BCUT2D eigenvalue weighted by molar-refractivity contribution is 6.29. The second-order valence-electron chi connectivity index (χ2n) is 2.92. The summed E-state index contributed by atoms with van der Waals surface area (Å²) >= 11 is 5.47. The molecule has 14 heavy (non-hydrogen) atoms. The minimum Gasteiger partial charge on any atom is -0.326 e. The third-order valence-corrected chi connectivity index (χ3v) is 2.29. The highest BCUT2D eigenvalue weighted by atomic mass is 35.5. The molecule has 3 nitrogen and oxygen atoms in total. The van der Waals surface area contributed by atoms with Crippen LogP contribution in [0, 0.1) is 0 Å². The third kappa shape index (κ3) is 2.25. The lowest BCUT2D eigenvalue weighted by atomic mass is 10.1. The smallest absolute Gasteiger partial charge is 0.241 e. The number of benzene rings is 1. The number of alkyl halides is 1. The molecule has 0 aliphatic heterocycles. The van der Waals surface area contributed by atoms with Gasteiger partial charge in [0, 0.05) is 19.3 Å². The van der Waals surface area contributed by atoms with Crippen LogP contribution in [0.5, 0.6) is 0 Å². The largest absolute Gasteiger partial charge is 0.326 e. The van der Waals surface area contributed by atoms with Crippen molar-refractivity contribution in [3.8, 4) is 0 Å². The van der Waals surface area contributed by atoms with Crippen LogP contribution in [0.25, 0.3) is 0 Å². The van der Waals surface area contributed by atoms with Gasteiger partial charge in [0.15, 0.2) is 0 Å². The highest BCUT2D eigenvalue weighted by Gasteiger charge is 2.11. The van der Waals surface area contributed by atoms with Crippen molar-refractivity contribution in [1.82, 2.24) is 0 Å². The number of carbonyl (C=O) groups is 1. The van der Waals surface area contributed by atoms with Crippen LogP contribution in [0.15, 0.2) is 24.3 Å². The number of halogens is 1. The zero-order valence-electron chi connectivity index (χ0n) is 8.03. The highest BCUT2D eigenvalue weighted by Crippen LogP contribution is 2.18. The van der Waals surface area contributed by atoms with Crippen LogP contribution in [0.2, 0.25) is 0 Å². The predicted octanol–water partition coefficient (Wildman–Crippen LogP) is 1.35. The van der Waals surface area contributed by atoms with Crippen molar-refractivity contribution in [2.45, 2.75) is 6.54 Å². The van der Waals surface area contributed by atoms with Crippen LogP contribution < -0.4 is 10.6 Å². The van der Waals surface area contributed by atoms with E-state index in [-0.39, 0.29) is 11.8 Å². The van der Waals surface area contributed by atoms with Gasteiger partial charge in [-0.2, -0.15) is 0 Å². The minimum absolute atomic E-state index is 0.0184. The van der Waals surface area contributed by atoms with E-state index in [4.69, 9.17) is 17.3 Å². The number of hydrogen-bond donors (Lipinski definition) is 1. The molecule has 0 bridgehead atoms. The summed E-state index contributed by atoms with van der Waals surface area (Å²) in [6.45, 7) is 0.413. The predicted molar refractivity (Wildman–Crippen MR) is 58.5 cm³/mol. The quantitative estimate of drug-likeness (QED) is 0.769. The van der Waals surface area contributed by atoms with Crippen molar-refractivity contribution >= 4 is 23.2 Å². The Morgan fingerprint density at radius 2 is 2.14 bits per heavy atom. The van der Waals surface area contributed by atoms with E-state index in [1.54, 1.807) is 7.05 Å². The second kappa shape index (κ2) is 4.98. The maximum atomic E-state index is 11.3. The molecule has 0 aliphatic rings. The molecule has 1 aromatic rings. The first-order chi connectivity index (χ1) is 6.70. The summed E-state index contributed by atoms with van der Waals surface area (Å²) in [6.07, 6.45) is 0. The van der Waals surface area contributed by atoms with E-state index in [9.17, 15) is 4.79 Å². The minimum atomic E-state index is -0.132. The molecule has 4 heteroatoms. The number of nitrogens with zero attached hydrogens (tertiary/aromatic N) is 1. The molecule has 1 rings (SSSR count). The lowest BCUT2D eigenvalue weighted by Gasteiger charge is -2.18. The first-order valence-electron chi connectivity index (χ1n) is 4.31. The van der Waals surface area contributed by atoms with Crippen LogP contribution in [0.4, 0.5) is 5.69 Å². The SMILES string of the molecule is CN(C(=O)CCl)c1ccccc1CN. The lowest BCUT2D eigenvalue weighted by Crippen LogP contribution is -2.28. The Morgan fingerprint density at radius 3 is 2.71 bits per heavy atom. The van der Waals surface area contributed by atoms with Crippen molar-refractivity contribution in [2.75, 3.05) is 17.8 Å². The van der Waals surface area contributed by atoms with Gasteiger partial charge in [-0.15, -0.1) is 11.6 Å². The van der Waals surface area contributed by atoms with Gasteiger partial charge < -0.3 is 10.6 Å². The van der Waals surface area contributed by atoms with Crippen LogP contribution >= 0.6 is 11.6 Å². The molecule has 1 amide bonds. The molecule has 0 saturated heterocycles. The van der Waals surface area contributed by atoms with E-state index in [1.807, 2.05) is 24.3 Å². The Bertz CT molecular complexity index is 328. The average molecular weight is 213 g/mol. The molecule has 0 unspecified atom stereocenters. The summed E-state index contributed by atoms with van der Waals surface area (Å²) in [5.74, 6) is -0.150. The van der Waals surface area contributed by atoms with Gasteiger partial charge in [0.2, 0.25) is 5.91 Å². The molecule has 0 heterocycles. The van der Waals surface area contributed by atoms with Crippen LogP contribution in [-0.4, -0.2) is 18.8 Å². The standard InChI is InChI=1S/C10H13ClN2O/c1-13(10(14)6-11)9-5-3-2-4-8(9)7-12/h2-5H,6-7,12H2,1H3. The fourth-order valence-corrected chi connectivity index (χ4v) is 1.41. The fraction of sp³-hybridized carbons (Fsp3) is 0.300. The first-order valence-corrected chi connectivity index (χ1v) is 4.84. The van der Waals surface area contributed by atoms with Gasteiger partial charge in [-0.05, 0) is 11.6 Å². The fourth-order valence-electron chi connectivity index (χ4n) is 1.23. The Balaban J connectivity index is 2.99. The Kier molecular flexibility index (Phi) is 3.92. The van der Waals surface area contributed by atoms with Gasteiger partial charge in [0.1, 0.15) is 5.88 Å². The number of para-hydroxylation sites is 1. The van der Waals surface area contributed by atoms with Gasteiger partial charge in [0.05, 0.1) is 0 Å². The summed E-state index contributed by atoms with van der Waals surface area (Å²) in [4.78, 5) is 12.9. The molecular weight excluding hydrogens is 200 g/mol. The van der Waals surface area contributed by atoms with Gasteiger partial charge in [-0.1, -0.05) is 18.2 Å². The number of amides is 1. The summed E-state index contributed by atoms with van der Waals surface area (Å²) in [7, 11) is 1.69. The van der Waals surface area contributed by atoms with Crippen molar-refractivity contribution in [3.05, 3.63) is 29.8 Å². The summed E-state index contributed by atoms with van der Waals surface area (Å²) in [5.41, 5.74) is 7.32. The van der Waals surface area contributed by atoms with Crippen molar-refractivity contribution in [3.63, 3.8) is 0 Å². The normalized spacial score (nSPS) is 9.93. The monoisotopic (exact) mass is 212 g/mol.